The Balaban J connectivity index is 2.05. The predicted octanol–water partition coefficient (Wildman–Crippen LogP) is 3.10. The SMILES string of the molecule is CC(C)(C)NC(=O)c1cnc2c(c1)N(S(=O)(=O)c1ccccc1OC(F)(F)F)CCO2. The zero-order valence-corrected chi connectivity index (χ0v) is 17.7. The number of amides is 1. The number of carbonyl (C=O) groups excluding carboxylic acids is 1. The van der Waals surface area contributed by atoms with E-state index in [1.165, 1.54) is 24.4 Å². The number of rotatable bonds is 4. The number of nitrogens with zero attached hydrogens (tertiary/aromatic N) is 2. The molecule has 3 rings (SSSR count). The van der Waals surface area contributed by atoms with E-state index in [9.17, 15) is 26.4 Å². The fraction of sp³-hybridized carbons (Fsp3) is 0.368. The van der Waals surface area contributed by atoms with Crippen LogP contribution in [0.2, 0.25) is 0 Å². The van der Waals surface area contributed by atoms with Crippen molar-refractivity contribution >= 4 is 21.6 Å². The van der Waals surface area contributed by atoms with Crippen LogP contribution in [0.3, 0.4) is 0 Å². The lowest BCUT2D eigenvalue weighted by molar-refractivity contribution is -0.275. The second kappa shape index (κ2) is 7.91. The Morgan fingerprint density at radius 2 is 1.90 bits per heavy atom. The molecular formula is C19H20F3N3O5S. The number of ether oxygens (including phenoxy) is 2. The van der Waals surface area contributed by atoms with Crippen LogP contribution in [0.25, 0.3) is 0 Å². The normalized spacial score (nSPS) is 14.5. The second-order valence-electron chi connectivity index (χ2n) is 7.67. The topological polar surface area (TPSA) is 97.8 Å². The molecule has 8 nitrogen and oxygen atoms in total. The summed E-state index contributed by atoms with van der Waals surface area (Å²) in [5.74, 6) is -1.42. The molecule has 12 heteroatoms. The highest BCUT2D eigenvalue weighted by molar-refractivity contribution is 7.93. The molecule has 2 aromatic rings. The average molecular weight is 459 g/mol. The number of carbonyl (C=O) groups is 1. The van der Waals surface area contributed by atoms with Gasteiger partial charge in [-0.15, -0.1) is 13.2 Å². The van der Waals surface area contributed by atoms with Gasteiger partial charge in [0.25, 0.3) is 15.9 Å². The van der Waals surface area contributed by atoms with Crippen molar-refractivity contribution in [3.05, 3.63) is 42.1 Å². The van der Waals surface area contributed by atoms with Gasteiger partial charge in [0, 0.05) is 11.7 Å². The van der Waals surface area contributed by atoms with Crippen LogP contribution in [-0.2, 0) is 10.0 Å². The molecule has 0 saturated carbocycles. The number of alkyl halides is 3. The summed E-state index contributed by atoms with van der Waals surface area (Å²) >= 11 is 0. The Bertz CT molecular complexity index is 1100. The van der Waals surface area contributed by atoms with E-state index in [0.717, 1.165) is 16.4 Å². The van der Waals surface area contributed by atoms with Crippen LogP contribution in [0, 0.1) is 0 Å². The van der Waals surface area contributed by atoms with Gasteiger partial charge in [-0.25, -0.2) is 13.4 Å². The third-order valence-corrected chi connectivity index (χ3v) is 5.88. The molecule has 0 spiro atoms. The summed E-state index contributed by atoms with van der Waals surface area (Å²) < 4.78 is 74.9. The Hall–Kier alpha value is -3.02. The Morgan fingerprint density at radius 1 is 1.23 bits per heavy atom. The van der Waals surface area contributed by atoms with Gasteiger partial charge < -0.3 is 14.8 Å². The monoisotopic (exact) mass is 459 g/mol. The molecule has 1 aliphatic rings. The van der Waals surface area contributed by atoms with Crippen molar-refractivity contribution < 1.29 is 35.9 Å². The van der Waals surface area contributed by atoms with E-state index < -0.39 is 38.5 Å². The summed E-state index contributed by atoms with van der Waals surface area (Å²) in [6.07, 6.45) is -3.84. The molecule has 0 radical (unpaired) electrons. The number of sulfonamides is 1. The first kappa shape index (κ1) is 22.7. The first-order valence-corrected chi connectivity index (χ1v) is 10.5. The van der Waals surface area contributed by atoms with Crippen LogP contribution in [0.5, 0.6) is 11.6 Å². The van der Waals surface area contributed by atoms with Gasteiger partial charge in [-0.3, -0.25) is 9.10 Å². The van der Waals surface area contributed by atoms with E-state index in [0.29, 0.717) is 0 Å². The Kier molecular flexibility index (Phi) is 5.78. The molecule has 168 valence electrons. The van der Waals surface area contributed by atoms with E-state index >= 15 is 0 Å². The number of fused-ring (bicyclic) bond motifs is 1. The van der Waals surface area contributed by atoms with E-state index in [1.807, 2.05) is 0 Å². The maximum absolute atomic E-state index is 13.3. The van der Waals surface area contributed by atoms with Crippen LogP contribution in [0.15, 0.2) is 41.4 Å². The van der Waals surface area contributed by atoms with Crippen LogP contribution >= 0.6 is 0 Å². The Labute approximate surface area is 177 Å². The minimum absolute atomic E-state index is 0.0589. The molecular weight excluding hydrogens is 439 g/mol. The van der Waals surface area contributed by atoms with Gasteiger partial charge in [0.2, 0.25) is 5.88 Å². The van der Waals surface area contributed by atoms with Crippen molar-refractivity contribution in [3.63, 3.8) is 0 Å². The van der Waals surface area contributed by atoms with Gasteiger partial charge in [0.1, 0.15) is 22.9 Å². The maximum atomic E-state index is 13.3. The fourth-order valence-electron chi connectivity index (χ4n) is 2.85. The van der Waals surface area contributed by atoms with Gasteiger partial charge in [-0.1, -0.05) is 12.1 Å². The lowest BCUT2D eigenvalue weighted by Crippen LogP contribution is -2.41. The number of pyridine rings is 1. The zero-order chi connectivity index (χ0) is 23.0. The van der Waals surface area contributed by atoms with Crippen LogP contribution in [0.1, 0.15) is 31.1 Å². The van der Waals surface area contributed by atoms with Crippen molar-refractivity contribution in [1.29, 1.82) is 0 Å². The van der Waals surface area contributed by atoms with E-state index in [4.69, 9.17) is 4.74 Å². The number of nitrogens with one attached hydrogen (secondary N) is 1. The zero-order valence-electron chi connectivity index (χ0n) is 16.9. The lowest BCUT2D eigenvalue weighted by atomic mass is 10.1. The summed E-state index contributed by atoms with van der Waals surface area (Å²) in [7, 11) is -4.50. The molecule has 1 N–H and O–H groups in total. The quantitative estimate of drug-likeness (QED) is 0.755. The van der Waals surface area contributed by atoms with Gasteiger partial charge in [0.05, 0.1) is 12.1 Å². The molecule has 1 amide bonds. The maximum Gasteiger partial charge on any atom is 0.573 e. The summed E-state index contributed by atoms with van der Waals surface area (Å²) in [5.41, 5.74) is -0.544. The molecule has 0 atom stereocenters. The molecule has 0 fully saturated rings. The number of halogens is 3. The number of hydrogen-bond donors (Lipinski definition) is 1. The molecule has 1 aromatic carbocycles. The number of benzene rings is 1. The Morgan fingerprint density at radius 3 is 2.55 bits per heavy atom. The summed E-state index contributed by atoms with van der Waals surface area (Å²) in [4.78, 5) is 15.8. The third-order valence-electron chi connectivity index (χ3n) is 4.03. The molecule has 0 aliphatic carbocycles. The second-order valence-corrected chi connectivity index (χ2v) is 9.50. The number of para-hydroxylation sites is 1. The van der Waals surface area contributed by atoms with Gasteiger partial charge in [-0.2, -0.15) is 0 Å². The molecule has 1 aliphatic heterocycles. The minimum atomic E-state index is -5.08. The van der Waals surface area contributed by atoms with Crippen LogP contribution in [0.4, 0.5) is 18.9 Å². The highest BCUT2D eigenvalue weighted by Crippen LogP contribution is 2.37. The van der Waals surface area contributed by atoms with Crippen molar-refractivity contribution in [2.24, 2.45) is 0 Å². The molecule has 2 heterocycles. The smallest absolute Gasteiger partial charge is 0.474 e. The molecule has 0 bridgehead atoms. The average Bonchev–Trinajstić information content (AvgIpc) is 2.64. The molecule has 31 heavy (non-hydrogen) atoms. The first-order chi connectivity index (χ1) is 14.3. The molecule has 1 aromatic heterocycles. The lowest BCUT2D eigenvalue weighted by Gasteiger charge is -2.30. The molecule has 0 unspecified atom stereocenters. The highest BCUT2D eigenvalue weighted by atomic mass is 32.2. The van der Waals surface area contributed by atoms with E-state index in [-0.39, 0.29) is 30.3 Å². The third kappa shape index (κ3) is 5.19. The standard InChI is InChI=1S/C19H20F3N3O5S/c1-18(2,3)24-16(26)12-10-13-17(23-11-12)29-9-8-25(13)31(27,28)15-7-5-4-6-14(15)30-19(20,21)22/h4-7,10-11H,8-9H2,1-3H3,(H,24,26). The number of anilines is 1. The van der Waals surface area contributed by atoms with Crippen molar-refractivity contribution in [2.45, 2.75) is 37.6 Å². The van der Waals surface area contributed by atoms with Crippen molar-refractivity contribution in [2.75, 3.05) is 17.5 Å². The van der Waals surface area contributed by atoms with Gasteiger partial charge in [0.15, 0.2) is 0 Å². The van der Waals surface area contributed by atoms with E-state index in [1.54, 1.807) is 20.8 Å². The summed E-state index contributed by atoms with van der Waals surface area (Å²) in [6, 6.07) is 5.70. The number of hydrogen-bond acceptors (Lipinski definition) is 6. The minimum Gasteiger partial charge on any atom is -0.474 e. The fourth-order valence-corrected chi connectivity index (χ4v) is 4.41. The van der Waals surface area contributed by atoms with Gasteiger partial charge in [-0.05, 0) is 39.0 Å². The molecule has 0 saturated heterocycles. The van der Waals surface area contributed by atoms with Crippen molar-refractivity contribution in [3.8, 4) is 11.6 Å². The van der Waals surface area contributed by atoms with Crippen molar-refractivity contribution in [1.82, 2.24) is 10.3 Å². The highest BCUT2D eigenvalue weighted by Gasteiger charge is 2.37. The number of aromatic nitrogens is 1. The van der Waals surface area contributed by atoms with E-state index in [2.05, 4.69) is 15.0 Å². The summed E-state index contributed by atoms with van der Waals surface area (Å²) in [6.45, 7) is 5.05. The van der Waals surface area contributed by atoms with Crippen LogP contribution < -0.4 is 19.1 Å². The first-order valence-electron chi connectivity index (χ1n) is 9.11. The van der Waals surface area contributed by atoms with Crippen LogP contribution in [-0.4, -0.2) is 44.4 Å². The van der Waals surface area contributed by atoms with Gasteiger partial charge >= 0.3 is 6.36 Å². The predicted molar refractivity (Wildman–Crippen MR) is 105 cm³/mol. The largest absolute Gasteiger partial charge is 0.573 e. The summed E-state index contributed by atoms with van der Waals surface area (Å²) in [5, 5.41) is 2.73.